The Morgan fingerprint density at radius 2 is 1.70 bits per heavy atom. The van der Waals surface area contributed by atoms with E-state index in [-0.39, 0.29) is 48.2 Å². The topological polar surface area (TPSA) is 125 Å². The van der Waals surface area contributed by atoms with Gasteiger partial charge in [-0.2, -0.15) is 0 Å². The van der Waals surface area contributed by atoms with E-state index in [1.165, 1.54) is 0 Å². The van der Waals surface area contributed by atoms with Crippen molar-refractivity contribution in [2.24, 2.45) is 11.8 Å². The van der Waals surface area contributed by atoms with Crippen molar-refractivity contribution in [2.75, 3.05) is 26.2 Å². The standard InChI is InChI=1S/C18H27N3O5S/c22-11-10-19-17(23)13-20-18(24)15-8-6-14(7-9-15)12-21-27(25,26)16-4-2-1-3-5-16/h1-5,14-15,21-22H,6-13H2,(H,19,23)(H,20,24). The predicted molar refractivity (Wildman–Crippen MR) is 100 cm³/mol. The number of carbonyl (C=O) groups excluding carboxylic acids is 2. The number of sulfonamides is 1. The van der Waals surface area contributed by atoms with Crippen LogP contribution in [-0.4, -0.2) is 51.6 Å². The Kier molecular flexibility index (Phi) is 8.21. The Labute approximate surface area is 159 Å². The van der Waals surface area contributed by atoms with Crippen LogP contribution in [0.15, 0.2) is 35.2 Å². The smallest absolute Gasteiger partial charge is 0.240 e. The van der Waals surface area contributed by atoms with Gasteiger partial charge >= 0.3 is 0 Å². The van der Waals surface area contributed by atoms with E-state index in [1.54, 1.807) is 30.3 Å². The lowest BCUT2D eigenvalue weighted by Gasteiger charge is -2.27. The second kappa shape index (κ2) is 10.4. The first-order valence-electron chi connectivity index (χ1n) is 9.12. The summed E-state index contributed by atoms with van der Waals surface area (Å²) < 4.78 is 27.1. The fourth-order valence-corrected chi connectivity index (χ4v) is 4.25. The highest BCUT2D eigenvalue weighted by molar-refractivity contribution is 7.89. The number of benzene rings is 1. The molecule has 0 aromatic heterocycles. The number of rotatable bonds is 9. The fraction of sp³-hybridized carbons (Fsp3) is 0.556. The molecule has 0 radical (unpaired) electrons. The molecule has 1 aromatic rings. The minimum absolute atomic E-state index is 0.102. The van der Waals surface area contributed by atoms with Crippen LogP contribution in [0.5, 0.6) is 0 Å². The molecule has 1 fully saturated rings. The zero-order valence-electron chi connectivity index (χ0n) is 15.2. The van der Waals surface area contributed by atoms with Gasteiger partial charge in [-0.1, -0.05) is 18.2 Å². The molecule has 0 unspecified atom stereocenters. The van der Waals surface area contributed by atoms with Crippen LogP contribution < -0.4 is 15.4 Å². The van der Waals surface area contributed by atoms with Crippen molar-refractivity contribution in [3.63, 3.8) is 0 Å². The van der Waals surface area contributed by atoms with Crippen LogP contribution in [0.1, 0.15) is 25.7 Å². The van der Waals surface area contributed by atoms with Crippen LogP contribution >= 0.6 is 0 Å². The minimum Gasteiger partial charge on any atom is -0.395 e. The lowest BCUT2D eigenvalue weighted by molar-refractivity contribution is -0.129. The van der Waals surface area contributed by atoms with E-state index in [2.05, 4.69) is 15.4 Å². The van der Waals surface area contributed by atoms with Gasteiger partial charge in [0.25, 0.3) is 0 Å². The number of hydrogen-bond donors (Lipinski definition) is 4. The first-order chi connectivity index (χ1) is 12.9. The first-order valence-corrected chi connectivity index (χ1v) is 10.6. The molecule has 1 aromatic carbocycles. The SMILES string of the molecule is O=C(CNC(=O)C1CCC(CNS(=O)(=O)c2ccccc2)CC1)NCCO. The molecule has 4 N–H and O–H groups in total. The fourth-order valence-electron chi connectivity index (χ4n) is 3.11. The number of carbonyl (C=O) groups is 2. The highest BCUT2D eigenvalue weighted by Gasteiger charge is 2.27. The highest BCUT2D eigenvalue weighted by atomic mass is 32.2. The third-order valence-electron chi connectivity index (χ3n) is 4.69. The molecule has 27 heavy (non-hydrogen) atoms. The molecule has 0 aliphatic heterocycles. The van der Waals surface area contributed by atoms with E-state index in [4.69, 9.17) is 5.11 Å². The molecule has 0 bridgehead atoms. The third kappa shape index (κ3) is 6.93. The summed E-state index contributed by atoms with van der Waals surface area (Å²) in [4.78, 5) is 23.8. The summed E-state index contributed by atoms with van der Waals surface area (Å²) in [6.07, 6.45) is 2.85. The maximum absolute atomic E-state index is 12.2. The molecule has 0 spiro atoms. The van der Waals surface area contributed by atoms with Crippen molar-refractivity contribution >= 4 is 21.8 Å². The number of aliphatic hydroxyl groups is 1. The van der Waals surface area contributed by atoms with Gasteiger partial charge in [-0.05, 0) is 43.7 Å². The summed E-state index contributed by atoms with van der Waals surface area (Å²) in [5.41, 5.74) is 0. The average molecular weight is 397 g/mol. The van der Waals surface area contributed by atoms with Crippen molar-refractivity contribution in [3.05, 3.63) is 30.3 Å². The molecule has 2 amide bonds. The Morgan fingerprint density at radius 1 is 1.04 bits per heavy atom. The van der Waals surface area contributed by atoms with Gasteiger partial charge in [0.15, 0.2) is 0 Å². The zero-order chi connectivity index (χ0) is 19.7. The van der Waals surface area contributed by atoms with Crippen LogP contribution in [0.3, 0.4) is 0 Å². The lowest BCUT2D eigenvalue weighted by atomic mass is 9.81. The summed E-state index contributed by atoms with van der Waals surface area (Å²) in [7, 11) is -3.51. The Bertz CT molecular complexity index is 716. The first kappa shape index (κ1) is 21.3. The van der Waals surface area contributed by atoms with E-state index < -0.39 is 10.0 Å². The van der Waals surface area contributed by atoms with E-state index in [9.17, 15) is 18.0 Å². The summed E-state index contributed by atoms with van der Waals surface area (Å²) in [6.45, 7) is 0.279. The molecule has 1 saturated carbocycles. The van der Waals surface area contributed by atoms with Crippen LogP contribution in [0.2, 0.25) is 0 Å². The van der Waals surface area contributed by atoms with Gasteiger partial charge in [0, 0.05) is 19.0 Å². The van der Waals surface area contributed by atoms with E-state index >= 15 is 0 Å². The van der Waals surface area contributed by atoms with Gasteiger partial charge in [-0.3, -0.25) is 9.59 Å². The van der Waals surface area contributed by atoms with Gasteiger partial charge in [0.05, 0.1) is 18.0 Å². The summed E-state index contributed by atoms with van der Waals surface area (Å²) >= 11 is 0. The van der Waals surface area contributed by atoms with Gasteiger partial charge in [-0.15, -0.1) is 0 Å². The third-order valence-corrected chi connectivity index (χ3v) is 6.13. The summed E-state index contributed by atoms with van der Waals surface area (Å²) in [6, 6.07) is 8.24. The highest BCUT2D eigenvalue weighted by Crippen LogP contribution is 2.28. The largest absolute Gasteiger partial charge is 0.395 e. The molecule has 150 valence electrons. The number of aliphatic hydroxyl groups excluding tert-OH is 1. The maximum Gasteiger partial charge on any atom is 0.240 e. The molecule has 0 atom stereocenters. The second-order valence-electron chi connectivity index (χ2n) is 6.67. The Hall–Kier alpha value is -1.97. The van der Waals surface area contributed by atoms with Crippen molar-refractivity contribution < 1.29 is 23.1 Å². The number of nitrogens with one attached hydrogen (secondary N) is 3. The van der Waals surface area contributed by atoms with Crippen molar-refractivity contribution in [3.8, 4) is 0 Å². The molecule has 8 nitrogen and oxygen atoms in total. The molecule has 1 aliphatic carbocycles. The normalized spacial score (nSPS) is 20.0. The zero-order valence-corrected chi connectivity index (χ0v) is 16.0. The van der Waals surface area contributed by atoms with Gasteiger partial charge in [0.1, 0.15) is 0 Å². The average Bonchev–Trinajstić information content (AvgIpc) is 2.70. The van der Waals surface area contributed by atoms with E-state index in [0.29, 0.717) is 19.4 Å². The molecular formula is C18H27N3O5S. The Morgan fingerprint density at radius 3 is 2.33 bits per heavy atom. The molecule has 2 rings (SSSR count). The summed E-state index contributed by atoms with van der Waals surface area (Å²) in [5.74, 6) is -0.447. The number of hydrogen-bond acceptors (Lipinski definition) is 5. The Balaban J connectivity index is 1.70. The molecule has 0 heterocycles. The van der Waals surface area contributed by atoms with Gasteiger partial charge < -0.3 is 15.7 Å². The molecule has 1 aliphatic rings. The van der Waals surface area contributed by atoms with Crippen molar-refractivity contribution in [2.45, 2.75) is 30.6 Å². The molecule has 9 heteroatoms. The quantitative estimate of drug-likeness (QED) is 0.467. The minimum atomic E-state index is -3.51. The van der Waals surface area contributed by atoms with Crippen molar-refractivity contribution in [1.82, 2.24) is 15.4 Å². The van der Waals surface area contributed by atoms with Gasteiger partial charge in [0.2, 0.25) is 21.8 Å². The van der Waals surface area contributed by atoms with E-state index in [1.807, 2.05) is 0 Å². The van der Waals surface area contributed by atoms with E-state index in [0.717, 1.165) is 12.8 Å². The predicted octanol–water partition coefficient (Wildman–Crippen LogP) is -0.00400. The lowest BCUT2D eigenvalue weighted by Crippen LogP contribution is -2.41. The van der Waals surface area contributed by atoms with Crippen LogP contribution in [0.25, 0.3) is 0 Å². The van der Waals surface area contributed by atoms with Crippen LogP contribution in [0, 0.1) is 11.8 Å². The maximum atomic E-state index is 12.2. The monoisotopic (exact) mass is 397 g/mol. The summed E-state index contributed by atoms with van der Waals surface area (Å²) in [5, 5.41) is 13.7. The number of amides is 2. The van der Waals surface area contributed by atoms with Crippen molar-refractivity contribution in [1.29, 1.82) is 0 Å². The van der Waals surface area contributed by atoms with Crippen LogP contribution in [-0.2, 0) is 19.6 Å². The second-order valence-corrected chi connectivity index (χ2v) is 8.44. The van der Waals surface area contributed by atoms with Gasteiger partial charge in [-0.25, -0.2) is 13.1 Å². The van der Waals surface area contributed by atoms with Crippen LogP contribution in [0.4, 0.5) is 0 Å². The molecular weight excluding hydrogens is 370 g/mol. The molecule has 0 saturated heterocycles.